The molecule has 9 nitrogen and oxygen atoms in total. The molecule has 0 spiro atoms. The molecule has 37 heavy (non-hydrogen) atoms. The number of sulfonamides is 1. The highest BCUT2D eigenvalue weighted by Crippen LogP contribution is 2.39. The number of nitrogens with one attached hydrogen (secondary N) is 1. The Morgan fingerprint density at radius 2 is 1.84 bits per heavy atom. The van der Waals surface area contributed by atoms with E-state index in [9.17, 15) is 22.7 Å². The van der Waals surface area contributed by atoms with Crippen molar-refractivity contribution in [3.63, 3.8) is 0 Å². The molecule has 1 heterocycles. The molecule has 1 fully saturated rings. The maximum absolute atomic E-state index is 14.5. The fraction of sp³-hybridized carbons (Fsp3) is 0.346. The zero-order valence-corrected chi connectivity index (χ0v) is 21.4. The van der Waals surface area contributed by atoms with Crippen LogP contribution in [-0.4, -0.2) is 47.8 Å². The van der Waals surface area contributed by atoms with Crippen molar-refractivity contribution in [1.82, 2.24) is 9.97 Å². The summed E-state index contributed by atoms with van der Waals surface area (Å²) in [4.78, 5) is 19.7. The first kappa shape index (κ1) is 26.5. The SMILES string of the molecule is Cc1cccc(C)c1-c1cc(OCC(N)CC2(F)CCC2)nc(NS(=O)(=O)c2cccc(C(=O)O)c2)n1. The maximum atomic E-state index is 14.5. The number of benzene rings is 2. The molecule has 0 aliphatic heterocycles. The van der Waals surface area contributed by atoms with E-state index in [2.05, 4.69) is 14.7 Å². The van der Waals surface area contributed by atoms with E-state index in [0.29, 0.717) is 18.5 Å². The van der Waals surface area contributed by atoms with Crippen molar-refractivity contribution in [1.29, 1.82) is 0 Å². The molecule has 11 heteroatoms. The van der Waals surface area contributed by atoms with Crippen LogP contribution >= 0.6 is 0 Å². The molecule has 0 bridgehead atoms. The van der Waals surface area contributed by atoms with E-state index in [-0.39, 0.29) is 35.3 Å². The van der Waals surface area contributed by atoms with Crippen LogP contribution in [0.15, 0.2) is 53.4 Å². The van der Waals surface area contributed by atoms with Crippen molar-refractivity contribution >= 4 is 21.9 Å². The molecule has 1 aliphatic carbocycles. The Balaban J connectivity index is 1.66. The number of aromatic carboxylic acids is 1. The quantitative estimate of drug-likeness (QED) is 0.354. The zero-order valence-electron chi connectivity index (χ0n) is 20.6. The Hall–Kier alpha value is -3.57. The van der Waals surface area contributed by atoms with Gasteiger partial charge >= 0.3 is 5.97 Å². The number of anilines is 1. The average molecular weight is 529 g/mol. The summed E-state index contributed by atoms with van der Waals surface area (Å²) in [6.45, 7) is 3.80. The largest absolute Gasteiger partial charge is 0.478 e. The number of nitrogens with zero attached hydrogens (tertiary/aromatic N) is 2. The summed E-state index contributed by atoms with van der Waals surface area (Å²) in [5.74, 6) is -1.44. The van der Waals surface area contributed by atoms with Gasteiger partial charge in [-0.1, -0.05) is 24.3 Å². The van der Waals surface area contributed by atoms with Gasteiger partial charge in [-0.15, -0.1) is 0 Å². The molecule has 0 saturated heterocycles. The van der Waals surface area contributed by atoms with Crippen LogP contribution in [0.3, 0.4) is 0 Å². The van der Waals surface area contributed by atoms with Gasteiger partial charge in [-0.2, -0.15) is 4.98 Å². The summed E-state index contributed by atoms with van der Waals surface area (Å²) in [5.41, 5.74) is 7.69. The third-order valence-corrected chi connectivity index (χ3v) is 7.71. The number of alkyl halides is 1. The molecule has 3 aromatic rings. The van der Waals surface area contributed by atoms with Crippen LogP contribution in [0.5, 0.6) is 5.88 Å². The number of ether oxygens (including phenoxy) is 1. The Bertz CT molecular complexity index is 1410. The van der Waals surface area contributed by atoms with E-state index >= 15 is 0 Å². The number of carboxylic acid groups (broad SMARTS) is 1. The van der Waals surface area contributed by atoms with Crippen LogP contribution < -0.4 is 15.2 Å². The first-order chi connectivity index (χ1) is 17.5. The van der Waals surface area contributed by atoms with Gasteiger partial charge in [-0.3, -0.25) is 0 Å². The topological polar surface area (TPSA) is 144 Å². The second kappa shape index (κ2) is 10.4. The number of nitrogens with two attached hydrogens (primary N) is 1. The molecule has 0 radical (unpaired) electrons. The number of halogens is 1. The van der Waals surface area contributed by atoms with Crippen molar-refractivity contribution in [3.8, 4) is 17.1 Å². The lowest BCUT2D eigenvalue weighted by atomic mass is 9.78. The van der Waals surface area contributed by atoms with Crippen LogP contribution in [-0.2, 0) is 10.0 Å². The fourth-order valence-electron chi connectivity index (χ4n) is 4.35. The normalized spacial score (nSPS) is 15.5. The van der Waals surface area contributed by atoms with Crippen LogP contribution in [0.25, 0.3) is 11.3 Å². The summed E-state index contributed by atoms with van der Waals surface area (Å²) in [5, 5.41) is 9.22. The van der Waals surface area contributed by atoms with Crippen molar-refractivity contribution in [3.05, 3.63) is 65.2 Å². The lowest BCUT2D eigenvalue weighted by Crippen LogP contribution is -2.41. The van der Waals surface area contributed by atoms with Crippen molar-refractivity contribution in [2.75, 3.05) is 11.3 Å². The van der Waals surface area contributed by atoms with Gasteiger partial charge in [0.05, 0.1) is 16.2 Å². The predicted molar refractivity (Wildman–Crippen MR) is 137 cm³/mol. The van der Waals surface area contributed by atoms with Crippen molar-refractivity contribution in [2.45, 2.75) is 56.1 Å². The van der Waals surface area contributed by atoms with E-state index in [4.69, 9.17) is 10.5 Å². The lowest BCUT2D eigenvalue weighted by Gasteiger charge is -2.35. The van der Waals surface area contributed by atoms with Gasteiger partial charge in [0.25, 0.3) is 10.0 Å². The van der Waals surface area contributed by atoms with Crippen LogP contribution in [0.2, 0.25) is 0 Å². The summed E-state index contributed by atoms with van der Waals surface area (Å²) >= 11 is 0. The Morgan fingerprint density at radius 3 is 2.46 bits per heavy atom. The predicted octanol–water partition coefficient (Wildman–Crippen LogP) is 4.25. The van der Waals surface area contributed by atoms with Gasteiger partial charge in [0, 0.05) is 17.7 Å². The van der Waals surface area contributed by atoms with Gasteiger partial charge in [0.2, 0.25) is 11.8 Å². The maximum Gasteiger partial charge on any atom is 0.335 e. The summed E-state index contributed by atoms with van der Waals surface area (Å²) in [7, 11) is -4.22. The molecule has 1 aromatic heterocycles. The van der Waals surface area contributed by atoms with E-state index in [1.807, 2.05) is 32.0 Å². The average Bonchev–Trinajstić information content (AvgIpc) is 2.81. The van der Waals surface area contributed by atoms with E-state index in [0.717, 1.165) is 29.2 Å². The first-order valence-electron chi connectivity index (χ1n) is 11.8. The van der Waals surface area contributed by atoms with Crippen molar-refractivity contribution in [2.24, 2.45) is 5.73 Å². The molecule has 0 amide bonds. The zero-order chi connectivity index (χ0) is 26.8. The first-order valence-corrected chi connectivity index (χ1v) is 13.3. The van der Waals surface area contributed by atoms with Crippen LogP contribution in [0, 0.1) is 13.8 Å². The molecule has 4 rings (SSSR count). The molecule has 1 atom stereocenters. The van der Waals surface area contributed by atoms with E-state index < -0.39 is 27.7 Å². The van der Waals surface area contributed by atoms with Gasteiger partial charge < -0.3 is 15.6 Å². The van der Waals surface area contributed by atoms with Crippen LogP contribution in [0.4, 0.5) is 10.3 Å². The lowest BCUT2D eigenvalue weighted by molar-refractivity contribution is 0.0405. The van der Waals surface area contributed by atoms with Gasteiger partial charge in [-0.05, 0) is 68.9 Å². The highest BCUT2D eigenvalue weighted by atomic mass is 32.2. The van der Waals surface area contributed by atoms with Gasteiger partial charge in [0.15, 0.2) is 0 Å². The number of hydrogen-bond donors (Lipinski definition) is 3. The van der Waals surface area contributed by atoms with Crippen molar-refractivity contribution < 1.29 is 27.4 Å². The Morgan fingerprint density at radius 1 is 1.16 bits per heavy atom. The number of aromatic nitrogens is 2. The van der Waals surface area contributed by atoms with E-state index in [1.54, 1.807) is 6.07 Å². The monoisotopic (exact) mass is 528 g/mol. The molecule has 4 N–H and O–H groups in total. The minimum Gasteiger partial charge on any atom is -0.478 e. The number of carboxylic acids is 1. The summed E-state index contributed by atoms with van der Waals surface area (Å²) < 4.78 is 48.7. The molecule has 1 aliphatic rings. The number of carbonyl (C=O) groups is 1. The van der Waals surface area contributed by atoms with Gasteiger partial charge in [0.1, 0.15) is 12.3 Å². The smallest absolute Gasteiger partial charge is 0.335 e. The fourth-order valence-corrected chi connectivity index (χ4v) is 5.34. The minimum atomic E-state index is -4.22. The molecule has 2 aromatic carbocycles. The van der Waals surface area contributed by atoms with Crippen LogP contribution in [0.1, 0.15) is 47.2 Å². The number of hydrogen-bond acceptors (Lipinski definition) is 7. The van der Waals surface area contributed by atoms with Gasteiger partial charge in [-0.25, -0.2) is 27.3 Å². The van der Waals surface area contributed by atoms with E-state index in [1.165, 1.54) is 18.2 Å². The Labute approximate surface area is 215 Å². The third-order valence-electron chi connectivity index (χ3n) is 6.38. The molecule has 1 unspecified atom stereocenters. The summed E-state index contributed by atoms with van der Waals surface area (Å²) in [6.07, 6.45) is 1.98. The molecular weight excluding hydrogens is 499 g/mol. The number of aryl methyl sites for hydroxylation is 2. The second-order valence-electron chi connectivity index (χ2n) is 9.40. The minimum absolute atomic E-state index is 0.0122. The second-order valence-corrected chi connectivity index (χ2v) is 11.1. The highest BCUT2D eigenvalue weighted by molar-refractivity contribution is 7.92. The standard InChI is InChI=1S/C26H29FN4O5S/c1-16-6-3-7-17(2)23(16)21-13-22(36-15-19(28)14-26(27)10-5-11-26)30-25(29-21)31-37(34,35)20-9-4-8-18(12-20)24(32)33/h3-4,6-9,12-13,19H,5,10-11,14-15,28H2,1-2H3,(H,32,33)(H,29,30,31). The number of rotatable bonds is 10. The molecular formula is C26H29FN4O5S. The molecule has 1 saturated carbocycles. The Kier molecular flexibility index (Phi) is 7.47. The summed E-state index contributed by atoms with van der Waals surface area (Å²) in [6, 6.07) is 11.7. The third kappa shape index (κ3) is 6.23. The highest BCUT2D eigenvalue weighted by Gasteiger charge is 2.38. The molecule has 196 valence electrons.